The number of aliphatic carboxylic acids is 1. The molecule has 70 valence electrons. The molecule has 0 aromatic heterocycles. The number of carboxylic acid groups (broad SMARTS) is 1. The van der Waals surface area contributed by atoms with Crippen molar-refractivity contribution < 1.29 is 9.90 Å². The zero-order valence-corrected chi connectivity index (χ0v) is 8.44. The van der Waals surface area contributed by atoms with Gasteiger partial charge in [0.15, 0.2) is 0 Å². The summed E-state index contributed by atoms with van der Waals surface area (Å²) in [6.45, 7) is 1.84. The zero-order valence-electron chi connectivity index (χ0n) is 7.63. The Bertz CT molecular complexity index is 83.8. The highest BCUT2D eigenvalue weighted by molar-refractivity contribution is 5.85. The molecule has 0 aromatic carbocycles. The molecule has 0 radical (unpaired) electrons. The Morgan fingerprint density at radius 2 is 1.64 bits per heavy atom. The SMILES string of the molecule is CCCC(=O)O.CN(C)C.Cl. The van der Waals surface area contributed by atoms with E-state index in [1.165, 1.54) is 0 Å². The Labute approximate surface area is 74.8 Å². The normalized spacial score (nSPS) is 7.73. The molecule has 11 heavy (non-hydrogen) atoms. The van der Waals surface area contributed by atoms with Gasteiger partial charge in [0, 0.05) is 6.42 Å². The van der Waals surface area contributed by atoms with Crippen LogP contribution in [0.2, 0.25) is 0 Å². The first kappa shape index (κ1) is 17.0. The molecule has 0 rings (SSSR count). The fourth-order valence-corrected chi connectivity index (χ4v) is 0.214. The fourth-order valence-electron chi connectivity index (χ4n) is 0.214. The minimum Gasteiger partial charge on any atom is -0.481 e. The van der Waals surface area contributed by atoms with Crippen LogP contribution < -0.4 is 0 Å². The molecule has 0 fully saturated rings. The van der Waals surface area contributed by atoms with E-state index < -0.39 is 5.97 Å². The molecule has 0 heterocycles. The van der Waals surface area contributed by atoms with Crippen molar-refractivity contribution in [3.05, 3.63) is 0 Å². The van der Waals surface area contributed by atoms with Crippen LogP contribution in [0, 0.1) is 0 Å². The van der Waals surface area contributed by atoms with Gasteiger partial charge in [-0.25, -0.2) is 0 Å². The number of rotatable bonds is 2. The molecule has 3 nitrogen and oxygen atoms in total. The number of carboxylic acids is 1. The van der Waals surface area contributed by atoms with E-state index in [1.54, 1.807) is 0 Å². The lowest BCUT2D eigenvalue weighted by Gasteiger charge is -1.90. The van der Waals surface area contributed by atoms with Gasteiger partial charge in [-0.2, -0.15) is 0 Å². The number of halogens is 1. The van der Waals surface area contributed by atoms with Crippen molar-refractivity contribution in [1.29, 1.82) is 0 Å². The standard InChI is InChI=1S/C4H8O2.C3H9N.ClH/c1-2-3-4(5)6;1-4(2)3;/h2-3H2,1H3,(H,5,6);1-3H3;1H. The predicted molar refractivity (Wildman–Crippen MR) is 49.4 cm³/mol. The minimum absolute atomic E-state index is 0. The third kappa shape index (κ3) is 78.3. The maximum atomic E-state index is 9.60. The highest BCUT2D eigenvalue weighted by Crippen LogP contribution is 1.82. The Kier molecular flexibility index (Phi) is 19.2. The fraction of sp³-hybridized carbons (Fsp3) is 0.857. The number of hydrogen-bond acceptors (Lipinski definition) is 2. The van der Waals surface area contributed by atoms with E-state index >= 15 is 0 Å². The van der Waals surface area contributed by atoms with Crippen LogP contribution in [-0.4, -0.2) is 37.1 Å². The second-order valence-corrected chi connectivity index (χ2v) is 2.49. The molecule has 0 aliphatic heterocycles. The van der Waals surface area contributed by atoms with Crippen molar-refractivity contribution in [2.24, 2.45) is 0 Å². The number of nitrogens with zero attached hydrogens (tertiary/aromatic N) is 1. The highest BCUT2D eigenvalue weighted by Gasteiger charge is 1.87. The average Bonchev–Trinajstić information content (AvgIpc) is 1.62. The summed E-state index contributed by atoms with van der Waals surface area (Å²) < 4.78 is 0. The monoisotopic (exact) mass is 183 g/mol. The summed E-state index contributed by atoms with van der Waals surface area (Å²) in [5.74, 6) is -0.711. The van der Waals surface area contributed by atoms with E-state index in [-0.39, 0.29) is 12.4 Å². The Morgan fingerprint density at radius 1 is 1.36 bits per heavy atom. The average molecular weight is 184 g/mol. The third-order valence-corrected chi connectivity index (χ3v) is 0.464. The Morgan fingerprint density at radius 3 is 1.64 bits per heavy atom. The third-order valence-electron chi connectivity index (χ3n) is 0.464. The molecular formula is C7H18ClNO2. The predicted octanol–water partition coefficient (Wildman–Crippen LogP) is 1.47. The summed E-state index contributed by atoms with van der Waals surface area (Å²) in [6.07, 6.45) is 1.02. The van der Waals surface area contributed by atoms with Crippen molar-refractivity contribution >= 4 is 18.4 Å². The van der Waals surface area contributed by atoms with Crippen molar-refractivity contribution in [1.82, 2.24) is 4.90 Å². The van der Waals surface area contributed by atoms with Crippen LogP contribution in [0.4, 0.5) is 0 Å². The molecule has 0 aliphatic carbocycles. The van der Waals surface area contributed by atoms with Gasteiger partial charge in [-0.05, 0) is 27.6 Å². The molecule has 0 saturated carbocycles. The summed E-state index contributed by atoms with van der Waals surface area (Å²) in [4.78, 5) is 11.6. The molecule has 0 spiro atoms. The van der Waals surface area contributed by atoms with Gasteiger partial charge in [-0.1, -0.05) is 6.92 Å². The quantitative estimate of drug-likeness (QED) is 0.705. The second kappa shape index (κ2) is 12.4. The van der Waals surface area contributed by atoms with Gasteiger partial charge in [-0.15, -0.1) is 12.4 Å². The molecular weight excluding hydrogens is 166 g/mol. The lowest BCUT2D eigenvalue weighted by Crippen LogP contribution is -1.99. The zero-order chi connectivity index (χ0) is 8.57. The molecule has 0 atom stereocenters. The molecule has 0 aliphatic rings. The maximum absolute atomic E-state index is 9.60. The van der Waals surface area contributed by atoms with Crippen molar-refractivity contribution in [2.75, 3.05) is 21.1 Å². The summed E-state index contributed by atoms with van der Waals surface area (Å²) in [5, 5.41) is 7.91. The van der Waals surface area contributed by atoms with Crippen molar-refractivity contribution in [2.45, 2.75) is 19.8 Å². The van der Waals surface area contributed by atoms with Crippen LogP contribution in [0.3, 0.4) is 0 Å². The molecule has 4 heteroatoms. The Hall–Kier alpha value is -0.280. The van der Waals surface area contributed by atoms with Gasteiger partial charge in [0.1, 0.15) is 0 Å². The Balaban J connectivity index is -0.000000114. The molecule has 0 unspecified atom stereocenters. The molecule has 0 amide bonds. The first-order chi connectivity index (χ1) is 4.50. The lowest BCUT2D eigenvalue weighted by molar-refractivity contribution is -0.137. The largest absolute Gasteiger partial charge is 0.481 e. The number of hydrogen-bond donors (Lipinski definition) is 1. The van der Waals surface area contributed by atoms with Gasteiger partial charge in [0.2, 0.25) is 0 Å². The van der Waals surface area contributed by atoms with Crippen LogP contribution in [0.5, 0.6) is 0 Å². The first-order valence-electron chi connectivity index (χ1n) is 3.33. The smallest absolute Gasteiger partial charge is 0.303 e. The second-order valence-electron chi connectivity index (χ2n) is 2.49. The van der Waals surface area contributed by atoms with Gasteiger partial charge in [-0.3, -0.25) is 4.79 Å². The van der Waals surface area contributed by atoms with Gasteiger partial charge < -0.3 is 10.0 Å². The molecule has 0 aromatic rings. The van der Waals surface area contributed by atoms with Crippen LogP contribution in [0.1, 0.15) is 19.8 Å². The summed E-state index contributed by atoms with van der Waals surface area (Å²) in [7, 11) is 6.00. The topological polar surface area (TPSA) is 40.5 Å². The molecule has 0 bridgehead atoms. The summed E-state index contributed by atoms with van der Waals surface area (Å²) in [6, 6.07) is 0. The van der Waals surface area contributed by atoms with E-state index in [0.717, 1.165) is 6.42 Å². The van der Waals surface area contributed by atoms with Crippen LogP contribution >= 0.6 is 12.4 Å². The molecule has 1 N–H and O–H groups in total. The van der Waals surface area contributed by atoms with E-state index in [9.17, 15) is 4.79 Å². The van der Waals surface area contributed by atoms with Crippen LogP contribution in [0.15, 0.2) is 0 Å². The van der Waals surface area contributed by atoms with Crippen LogP contribution in [-0.2, 0) is 4.79 Å². The lowest BCUT2D eigenvalue weighted by atomic mass is 10.4. The summed E-state index contributed by atoms with van der Waals surface area (Å²) in [5.41, 5.74) is 0. The number of carbonyl (C=O) groups is 1. The van der Waals surface area contributed by atoms with Crippen LogP contribution in [0.25, 0.3) is 0 Å². The summed E-state index contributed by atoms with van der Waals surface area (Å²) >= 11 is 0. The van der Waals surface area contributed by atoms with Crippen molar-refractivity contribution in [3.63, 3.8) is 0 Å². The van der Waals surface area contributed by atoms with Gasteiger partial charge in [0.05, 0.1) is 0 Å². The molecule has 0 saturated heterocycles. The minimum atomic E-state index is -0.711. The van der Waals surface area contributed by atoms with E-state index in [4.69, 9.17) is 5.11 Å². The van der Waals surface area contributed by atoms with E-state index in [0.29, 0.717) is 6.42 Å². The highest BCUT2D eigenvalue weighted by atomic mass is 35.5. The first-order valence-corrected chi connectivity index (χ1v) is 3.33. The van der Waals surface area contributed by atoms with E-state index in [1.807, 2.05) is 33.0 Å². The van der Waals surface area contributed by atoms with Gasteiger partial charge >= 0.3 is 5.97 Å². The van der Waals surface area contributed by atoms with Gasteiger partial charge in [0.25, 0.3) is 0 Å². The van der Waals surface area contributed by atoms with Crippen molar-refractivity contribution in [3.8, 4) is 0 Å². The maximum Gasteiger partial charge on any atom is 0.303 e. The van der Waals surface area contributed by atoms with E-state index in [2.05, 4.69) is 0 Å².